The molecule has 4 nitrogen and oxygen atoms in total. The lowest BCUT2D eigenvalue weighted by Gasteiger charge is -2.26. The van der Waals surface area contributed by atoms with E-state index in [2.05, 4.69) is 18.7 Å². The summed E-state index contributed by atoms with van der Waals surface area (Å²) in [5.74, 6) is 1.37. The van der Waals surface area contributed by atoms with Crippen LogP contribution in [-0.4, -0.2) is 55.2 Å². The molecule has 2 saturated heterocycles. The minimum absolute atomic E-state index is 0.0550. The summed E-state index contributed by atoms with van der Waals surface area (Å²) < 4.78 is 22.9. The second-order valence-electron chi connectivity index (χ2n) is 5.50. The molecule has 1 N–H and O–H groups in total. The molecule has 0 aromatic rings. The standard InChI is InChI=1S/C11H21NO3S/c1-8(2)9-3-4-12(5-9)10-6-16(14,15)7-11(10)13/h8-11,13H,3-7H2,1-2H3. The summed E-state index contributed by atoms with van der Waals surface area (Å²) in [4.78, 5) is 2.17. The maximum atomic E-state index is 11.4. The van der Waals surface area contributed by atoms with Crippen LogP contribution in [0, 0.1) is 11.8 Å². The molecule has 3 atom stereocenters. The average molecular weight is 247 g/mol. The minimum atomic E-state index is -3.01. The number of aliphatic hydroxyl groups is 1. The van der Waals surface area contributed by atoms with Crippen molar-refractivity contribution in [3.8, 4) is 0 Å². The molecular formula is C11H21NO3S. The number of hydrogen-bond donors (Lipinski definition) is 1. The van der Waals surface area contributed by atoms with Crippen molar-refractivity contribution in [1.82, 2.24) is 4.90 Å². The van der Waals surface area contributed by atoms with Crippen molar-refractivity contribution < 1.29 is 13.5 Å². The van der Waals surface area contributed by atoms with E-state index in [4.69, 9.17) is 0 Å². The molecule has 2 aliphatic heterocycles. The Morgan fingerprint density at radius 3 is 2.44 bits per heavy atom. The lowest BCUT2D eigenvalue weighted by molar-refractivity contribution is 0.0948. The maximum absolute atomic E-state index is 11.4. The molecule has 3 unspecified atom stereocenters. The van der Waals surface area contributed by atoms with E-state index in [0.29, 0.717) is 11.8 Å². The Bertz CT molecular complexity index is 352. The average Bonchev–Trinajstić information content (AvgIpc) is 2.69. The van der Waals surface area contributed by atoms with Crippen molar-refractivity contribution >= 4 is 9.84 Å². The predicted octanol–water partition coefficient (Wildman–Crippen LogP) is 0.122. The molecule has 5 heteroatoms. The zero-order valence-electron chi connectivity index (χ0n) is 9.96. The van der Waals surface area contributed by atoms with Gasteiger partial charge in [0.15, 0.2) is 9.84 Å². The highest BCUT2D eigenvalue weighted by Crippen LogP contribution is 2.28. The van der Waals surface area contributed by atoms with Gasteiger partial charge in [0.05, 0.1) is 23.7 Å². The Morgan fingerprint density at radius 1 is 1.31 bits per heavy atom. The molecule has 94 valence electrons. The molecular weight excluding hydrogens is 226 g/mol. The Labute approximate surface area is 97.6 Å². The van der Waals surface area contributed by atoms with Gasteiger partial charge in [0, 0.05) is 6.54 Å². The first-order valence-corrected chi connectivity index (χ1v) is 7.84. The molecule has 0 radical (unpaired) electrons. The number of nitrogens with zero attached hydrogens (tertiary/aromatic N) is 1. The number of aliphatic hydroxyl groups excluding tert-OH is 1. The molecule has 0 aromatic carbocycles. The van der Waals surface area contributed by atoms with Gasteiger partial charge in [-0.3, -0.25) is 4.90 Å². The molecule has 16 heavy (non-hydrogen) atoms. The van der Waals surface area contributed by atoms with Crippen LogP contribution in [0.2, 0.25) is 0 Å². The summed E-state index contributed by atoms with van der Waals surface area (Å²) in [6.45, 7) is 6.28. The molecule has 2 rings (SSSR count). The third kappa shape index (κ3) is 2.41. The Balaban J connectivity index is 2.00. The second kappa shape index (κ2) is 4.27. The largest absolute Gasteiger partial charge is 0.390 e. The quantitative estimate of drug-likeness (QED) is 0.753. The first kappa shape index (κ1) is 12.3. The normalized spacial score (nSPS) is 39.6. The highest BCUT2D eigenvalue weighted by Gasteiger charge is 2.42. The molecule has 0 aliphatic carbocycles. The second-order valence-corrected chi connectivity index (χ2v) is 7.65. The van der Waals surface area contributed by atoms with Crippen LogP contribution in [0.15, 0.2) is 0 Å². The van der Waals surface area contributed by atoms with Gasteiger partial charge in [-0.15, -0.1) is 0 Å². The fourth-order valence-corrected chi connectivity index (χ4v) is 4.65. The topological polar surface area (TPSA) is 57.6 Å². The first-order chi connectivity index (χ1) is 7.39. The molecule has 0 amide bonds. The van der Waals surface area contributed by atoms with Gasteiger partial charge in [0.1, 0.15) is 0 Å². The summed E-state index contributed by atoms with van der Waals surface area (Å²) in [7, 11) is -3.01. The third-order valence-electron chi connectivity index (χ3n) is 3.96. The lowest BCUT2D eigenvalue weighted by Crippen LogP contribution is -2.41. The fourth-order valence-electron chi connectivity index (χ4n) is 2.82. The monoisotopic (exact) mass is 247 g/mol. The van der Waals surface area contributed by atoms with E-state index in [1.807, 2.05) is 0 Å². The SMILES string of the molecule is CC(C)C1CCN(C2CS(=O)(=O)CC2O)C1. The van der Waals surface area contributed by atoms with Crippen LogP contribution < -0.4 is 0 Å². The van der Waals surface area contributed by atoms with Gasteiger partial charge in [-0.1, -0.05) is 13.8 Å². The molecule has 2 fully saturated rings. The zero-order chi connectivity index (χ0) is 11.9. The van der Waals surface area contributed by atoms with Crippen molar-refractivity contribution in [1.29, 1.82) is 0 Å². The van der Waals surface area contributed by atoms with Gasteiger partial charge < -0.3 is 5.11 Å². The first-order valence-electron chi connectivity index (χ1n) is 6.01. The fraction of sp³-hybridized carbons (Fsp3) is 1.00. The van der Waals surface area contributed by atoms with Gasteiger partial charge >= 0.3 is 0 Å². The van der Waals surface area contributed by atoms with E-state index in [0.717, 1.165) is 19.5 Å². The summed E-state index contributed by atoms with van der Waals surface area (Å²) in [5.41, 5.74) is 0. The highest BCUT2D eigenvalue weighted by atomic mass is 32.2. The maximum Gasteiger partial charge on any atom is 0.154 e. The minimum Gasteiger partial charge on any atom is -0.390 e. The third-order valence-corrected chi connectivity index (χ3v) is 5.66. The summed E-state index contributed by atoms with van der Waals surface area (Å²) in [6.07, 6.45) is 0.442. The molecule has 0 spiro atoms. The smallest absolute Gasteiger partial charge is 0.154 e. The number of sulfone groups is 1. The zero-order valence-corrected chi connectivity index (χ0v) is 10.8. The molecule has 0 bridgehead atoms. The predicted molar refractivity (Wildman–Crippen MR) is 63.0 cm³/mol. The van der Waals surface area contributed by atoms with Crippen LogP contribution in [0.5, 0.6) is 0 Å². The van der Waals surface area contributed by atoms with Crippen LogP contribution in [0.1, 0.15) is 20.3 Å². The molecule has 0 saturated carbocycles. The van der Waals surface area contributed by atoms with Crippen molar-refractivity contribution in [2.75, 3.05) is 24.6 Å². The molecule has 0 aromatic heterocycles. The van der Waals surface area contributed by atoms with E-state index >= 15 is 0 Å². The summed E-state index contributed by atoms with van der Waals surface area (Å²) >= 11 is 0. The van der Waals surface area contributed by atoms with E-state index < -0.39 is 15.9 Å². The molecule has 2 heterocycles. The lowest BCUT2D eigenvalue weighted by atomic mass is 9.95. The molecule has 2 aliphatic rings. The van der Waals surface area contributed by atoms with Gasteiger partial charge in [-0.05, 0) is 24.8 Å². The Hall–Kier alpha value is -0.130. The summed E-state index contributed by atoms with van der Waals surface area (Å²) in [6, 6.07) is -0.159. The van der Waals surface area contributed by atoms with Gasteiger partial charge in [0.25, 0.3) is 0 Å². The van der Waals surface area contributed by atoms with Crippen LogP contribution >= 0.6 is 0 Å². The van der Waals surface area contributed by atoms with E-state index in [1.165, 1.54) is 0 Å². The summed E-state index contributed by atoms with van der Waals surface area (Å²) in [5, 5.41) is 9.79. The van der Waals surface area contributed by atoms with E-state index in [-0.39, 0.29) is 17.5 Å². The number of rotatable bonds is 2. The van der Waals surface area contributed by atoms with E-state index in [9.17, 15) is 13.5 Å². The van der Waals surface area contributed by atoms with Gasteiger partial charge in [0.2, 0.25) is 0 Å². The van der Waals surface area contributed by atoms with Gasteiger partial charge in [-0.25, -0.2) is 8.42 Å². The Kier molecular flexibility index (Phi) is 3.29. The van der Waals surface area contributed by atoms with Crippen LogP contribution in [0.4, 0.5) is 0 Å². The van der Waals surface area contributed by atoms with Crippen molar-refractivity contribution in [3.63, 3.8) is 0 Å². The van der Waals surface area contributed by atoms with Crippen molar-refractivity contribution in [2.24, 2.45) is 11.8 Å². The van der Waals surface area contributed by atoms with Crippen LogP contribution in [0.3, 0.4) is 0 Å². The van der Waals surface area contributed by atoms with Crippen LogP contribution in [-0.2, 0) is 9.84 Å². The highest BCUT2D eigenvalue weighted by molar-refractivity contribution is 7.91. The van der Waals surface area contributed by atoms with Crippen molar-refractivity contribution in [2.45, 2.75) is 32.4 Å². The number of hydrogen-bond acceptors (Lipinski definition) is 4. The van der Waals surface area contributed by atoms with Gasteiger partial charge in [-0.2, -0.15) is 0 Å². The van der Waals surface area contributed by atoms with E-state index in [1.54, 1.807) is 0 Å². The van der Waals surface area contributed by atoms with Crippen LogP contribution in [0.25, 0.3) is 0 Å². The number of likely N-dealkylation sites (tertiary alicyclic amines) is 1. The van der Waals surface area contributed by atoms with Crippen molar-refractivity contribution in [3.05, 3.63) is 0 Å². The Morgan fingerprint density at radius 2 is 2.00 bits per heavy atom.